The number of carbonyl (C=O) groups is 2. The number of esters is 1. The fourth-order valence-electron chi connectivity index (χ4n) is 3.19. The summed E-state index contributed by atoms with van der Waals surface area (Å²) in [5.74, 6) is -0.182. The van der Waals surface area contributed by atoms with Crippen LogP contribution >= 0.6 is 11.3 Å². The zero-order chi connectivity index (χ0) is 21.9. The lowest BCUT2D eigenvalue weighted by Gasteiger charge is -2.13. The van der Waals surface area contributed by atoms with E-state index in [0.717, 1.165) is 11.3 Å². The first-order valence-corrected chi connectivity index (χ1v) is 12.4. The molecule has 0 radical (unpaired) electrons. The maximum absolute atomic E-state index is 12.5. The Balaban J connectivity index is 1.74. The molecule has 1 aromatic heterocycles. The molecule has 2 heterocycles. The Bertz CT molecular complexity index is 1040. The number of amides is 1. The number of carbonyl (C=O) groups excluding carboxylic acids is 2. The van der Waals surface area contributed by atoms with Crippen molar-refractivity contribution in [3.63, 3.8) is 0 Å². The summed E-state index contributed by atoms with van der Waals surface area (Å²) in [5, 5.41) is 3.00. The molecule has 3 rings (SSSR count). The third kappa shape index (κ3) is 5.20. The summed E-state index contributed by atoms with van der Waals surface area (Å²) in [6, 6.07) is 7.51. The number of ether oxygens (including phenoxy) is 2. The third-order valence-corrected chi connectivity index (χ3v) is 7.64. The number of rotatable bonds is 7. The molecule has 1 N–H and O–H groups in total. The van der Waals surface area contributed by atoms with E-state index in [-0.39, 0.29) is 36.7 Å². The summed E-state index contributed by atoms with van der Waals surface area (Å²) in [5.41, 5.74) is 2.07. The highest BCUT2D eigenvalue weighted by Crippen LogP contribution is 2.38. The van der Waals surface area contributed by atoms with Crippen LogP contribution in [0, 0.1) is 0 Å². The standard InChI is InChI=1S/C21H25NO6S2/c1-4-27-21(24)19-16-9-10-30(25,26)12-17(16)29-20(19)22-18(23)11-28-15-7-5-14(6-8-15)13(2)3/h5-8,13H,4,9-12H2,1-3H3,(H,22,23). The van der Waals surface area contributed by atoms with Crippen molar-refractivity contribution in [1.29, 1.82) is 0 Å². The van der Waals surface area contributed by atoms with Gasteiger partial charge in [0, 0.05) is 4.88 Å². The lowest BCUT2D eigenvalue weighted by atomic mass is 10.0. The second-order valence-electron chi connectivity index (χ2n) is 7.33. The quantitative estimate of drug-likeness (QED) is 0.647. The molecule has 0 atom stereocenters. The van der Waals surface area contributed by atoms with Gasteiger partial charge in [0.25, 0.3) is 5.91 Å². The molecule has 1 aliphatic heterocycles. The normalized spacial score (nSPS) is 14.8. The van der Waals surface area contributed by atoms with E-state index in [9.17, 15) is 18.0 Å². The largest absolute Gasteiger partial charge is 0.484 e. The minimum atomic E-state index is -3.20. The predicted octanol–water partition coefficient (Wildman–Crippen LogP) is 3.54. The Morgan fingerprint density at radius 2 is 1.90 bits per heavy atom. The highest BCUT2D eigenvalue weighted by molar-refractivity contribution is 7.90. The second-order valence-corrected chi connectivity index (χ2v) is 10.6. The molecule has 30 heavy (non-hydrogen) atoms. The van der Waals surface area contributed by atoms with Gasteiger partial charge < -0.3 is 14.8 Å². The van der Waals surface area contributed by atoms with Gasteiger partial charge in [-0.2, -0.15) is 0 Å². The predicted molar refractivity (Wildman–Crippen MR) is 116 cm³/mol. The second kappa shape index (κ2) is 9.18. The van der Waals surface area contributed by atoms with Gasteiger partial charge in [-0.25, -0.2) is 13.2 Å². The van der Waals surface area contributed by atoms with E-state index in [4.69, 9.17) is 9.47 Å². The first-order chi connectivity index (χ1) is 14.2. The summed E-state index contributed by atoms with van der Waals surface area (Å²) in [4.78, 5) is 25.5. The van der Waals surface area contributed by atoms with Crippen molar-refractivity contribution in [1.82, 2.24) is 0 Å². The van der Waals surface area contributed by atoms with Crippen LogP contribution in [0.1, 0.15) is 53.1 Å². The van der Waals surface area contributed by atoms with Crippen LogP contribution in [0.2, 0.25) is 0 Å². The molecule has 0 saturated carbocycles. The van der Waals surface area contributed by atoms with Crippen molar-refractivity contribution in [3.05, 3.63) is 45.8 Å². The molecular weight excluding hydrogens is 426 g/mol. The van der Waals surface area contributed by atoms with Crippen molar-refractivity contribution in [3.8, 4) is 5.75 Å². The number of sulfone groups is 1. The van der Waals surface area contributed by atoms with E-state index in [2.05, 4.69) is 19.2 Å². The SMILES string of the molecule is CCOC(=O)c1c(NC(=O)COc2ccc(C(C)C)cc2)sc2c1CCS(=O)(=O)C2. The summed E-state index contributed by atoms with van der Waals surface area (Å²) in [6.07, 6.45) is 0.233. The van der Waals surface area contributed by atoms with Gasteiger partial charge in [0.15, 0.2) is 16.4 Å². The van der Waals surface area contributed by atoms with Crippen LogP contribution in [0.25, 0.3) is 0 Å². The number of hydrogen-bond acceptors (Lipinski definition) is 7. The summed E-state index contributed by atoms with van der Waals surface area (Å²) < 4.78 is 34.6. The van der Waals surface area contributed by atoms with Crippen LogP contribution in [0.3, 0.4) is 0 Å². The Morgan fingerprint density at radius 3 is 2.53 bits per heavy atom. The molecule has 0 fully saturated rings. The van der Waals surface area contributed by atoms with Crippen molar-refractivity contribution >= 4 is 38.1 Å². The van der Waals surface area contributed by atoms with E-state index in [1.165, 1.54) is 5.56 Å². The molecule has 1 amide bonds. The number of thiophene rings is 1. The van der Waals surface area contributed by atoms with Gasteiger partial charge in [-0.05, 0) is 42.5 Å². The van der Waals surface area contributed by atoms with Gasteiger partial charge in [0.1, 0.15) is 10.8 Å². The van der Waals surface area contributed by atoms with E-state index in [1.54, 1.807) is 19.1 Å². The maximum Gasteiger partial charge on any atom is 0.341 e. The Morgan fingerprint density at radius 1 is 1.20 bits per heavy atom. The number of benzene rings is 1. The first kappa shape index (κ1) is 22.3. The molecule has 0 unspecified atom stereocenters. The average molecular weight is 452 g/mol. The number of hydrogen-bond donors (Lipinski definition) is 1. The first-order valence-electron chi connectivity index (χ1n) is 9.75. The zero-order valence-corrected chi connectivity index (χ0v) is 18.8. The highest BCUT2D eigenvalue weighted by atomic mass is 32.2. The van der Waals surface area contributed by atoms with Crippen LogP contribution in [0.4, 0.5) is 5.00 Å². The third-order valence-electron chi connectivity index (χ3n) is 4.75. The molecule has 2 aromatic rings. The van der Waals surface area contributed by atoms with Gasteiger partial charge in [-0.1, -0.05) is 26.0 Å². The van der Waals surface area contributed by atoms with E-state index in [1.807, 2.05) is 12.1 Å². The fraction of sp³-hybridized carbons (Fsp3) is 0.429. The minimum Gasteiger partial charge on any atom is -0.484 e. The topological polar surface area (TPSA) is 98.8 Å². The minimum absolute atomic E-state index is 0.0218. The van der Waals surface area contributed by atoms with Gasteiger partial charge in [0.2, 0.25) is 0 Å². The molecule has 162 valence electrons. The van der Waals surface area contributed by atoms with Gasteiger partial charge in [-0.15, -0.1) is 11.3 Å². The van der Waals surface area contributed by atoms with Gasteiger partial charge >= 0.3 is 5.97 Å². The molecule has 1 aromatic carbocycles. The van der Waals surface area contributed by atoms with Crippen molar-refractivity contribution in [2.45, 2.75) is 38.9 Å². The molecular formula is C21H25NO6S2. The molecule has 0 saturated heterocycles. The highest BCUT2D eigenvalue weighted by Gasteiger charge is 2.32. The molecule has 0 aliphatic carbocycles. The van der Waals surface area contributed by atoms with Crippen molar-refractivity contribution < 1.29 is 27.5 Å². The van der Waals surface area contributed by atoms with E-state index >= 15 is 0 Å². The van der Waals surface area contributed by atoms with Crippen molar-refractivity contribution in [2.75, 3.05) is 24.3 Å². The van der Waals surface area contributed by atoms with Crippen LogP contribution in [0.15, 0.2) is 24.3 Å². The van der Waals surface area contributed by atoms with Crippen LogP contribution < -0.4 is 10.1 Å². The van der Waals surface area contributed by atoms with E-state index in [0.29, 0.717) is 27.1 Å². The molecule has 1 aliphatic rings. The Labute approximate surface area is 180 Å². The van der Waals surface area contributed by atoms with Gasteiger partial charge in [-0.3, -0.25) is 4.79 Å². The smallest absolute Gasteiger partial charge is 0.341 e. The average Bonchev–Trinajstić information content (AvgIpc) is 3.02. The van der Waals surface area contributed by atoms with E-state index < -0.39 is 21.7 Å². The number of nitrogens with one attached hydrogen (secondary N) is 1. The summed E-state index contributed by atoms with van der Waals surface area (Å²) in [7, 11) is -3.20. The zero-order valence-electron chi connectivity index (χ0n) is 17.2. The molecule has 0 spiro atoms. The summed E-state index contributed by atoms with van der Waals surface area (Å²) >= 11 is 1.11. The van der Waals surface area contributed by atoms with Crippen LogP contribution in [0.5, 0.6) is 5.75 Å². The lowest BCUT2D eigenvalue weighted by molar-refractivity contribution is -0.118. The lowest BCUT2D eigenvalue weighted by Crippen LogP contribution is -2.22. The number of fused-ring (bicyclic) bond motifs is 1. The molecule has 0 bridgehead atoms. The Kier molecular flexibility index (Phi) is 6.82. The summed E-state index contributed by atoms with van der Waals surface area (Å²) in [6.45, 7) is 5.83. The molecule has 9 heteroatoms. The maximum atomic E-state index is 12.5. The monoisotopic (exact) mass is 451 g/mol. The molecule has 7 nitrogen and oxygen atoms in total. The number of anilines is 1. The van der Waals surface area contributed by atoms with Gasteiger partial charge in [0.05, 0.1) is 23.7 Å². The van der Waals surface area contributed by atoms with Crippen molar-refractivity contribution in [2.24, 2.45) is 0 Å². The van der Waals surface area contributed by atoms with Crippen LogP contribution in [-0.4, -0.2) is 39.3 Å². The van der Waals surface area contributed by atoms with Crippen LogP contribution in [-0.2, 0) is 31.5 Å². The fourth-order valence-corrected chi connectivity index (χ4v) is 6.25. The Hall–Kier alpha value is -2.39.